The van der Waals surface area contributed by atoms with Gasteiger partial charge in [-0.05, 0) is 48.9 Å². The molecule has 0 aromatic heterocycles. The van der Waals surface area contributed by atoms with Gasteiger partial charge in [0.2, 0.25) is 0 Å². The molecule has 0 N–H and O–H groups in total. The second kappa shape index (κ2) is 7.90. The fourth-order valence-electron chi connectivity index (χ4n) is 2.17. The zero-order valence-corrected chi connectivity index (χ0v) is 15.1. The molecule has 0 heterocycles. The molecular weight excluding hydrogens is 276 g/mol. The molecule has 118 valence electrons. The first-order chi connectivity index (χ1) is 9.78. The Bertz CT molecular complexity index is 413. The van der Waals surface area contributed by atoms with E-state index in [1.165, 1.54) is 6.08 Å². The van der Waals surface area contributed by atoms with Crippen molar-refractivity contribution in [3.63, 3.8) is 0 Å². The highest BCUT2D eigenvalue weighted by Crippen LogP contribution is 2.38. The van der Waals surface area contributed by atoms with E-state index in [-0.39, 0.29) is 5.04 Å². The van der Waals surface area contributed by atoms with Crippen LogP contribution in [0.4, 0.5) is 0 Å². The van der Waals surface area contributed by atoms with Crippen molar-refractivity contribution in [3.8, 4) is 0 Å². The quantitative estimate of drug-likeness (QED) is 0.229. The molecule has 0 spiro atoms. The Hall–Kier alpha value is -0.933. The summed E-state index contributed by atoms with van der Waals surface area (Å²) < 4.78 is 6.39. The first-order valence-corrected chi connectivity index (χ1v) is 10.8. The Balaban J connectivity index is 2.62. The van der Waals surface area contributed by atoms with Gasteiger partial charge in [0, 0.05) is 6.61 Å². The van der Waals surface area contributed by atoms with Gasteiger partial charge < -0.3 is 4.43 Å². The van der Waals surface area contributed by atoms with Crippen molar-refractivity contribution in [1.29, 1.82) is 0 Å². The van der Waals surface area contributed by atoms with Gasteiger partial charge in [-0.3, -0.25) is 4.79 Å². The fraction of sp³-hybridized carbons (Fsp3) is 0.611. The molecule has 0 aromatic rings. The van der Waals surface area contributed by atoms with Crippen LogP contribution in [0.3, 0.4) is 0 Å². The van der Waals surface area contributed by atoms with Gasteiger partial charge in [-0.2, -0.15) is 0 Å². The molecule has 1 aliphatic rings. The summed E-state index contributed by atoms with van der Waals surface area (Å²) in [6.45, 7) is 12.3. The Morgan fingerprint density at radius 2 is 1.81 bits per heavy atom. The van der Waals surface area contributed by atoms with Crippen molar-refractivity contribution in [2.75, 3.05) is 6.61 Å². The second-order valence-electron chi connectivity index (χ2n) is 7.34. The van der Waals surface area contributed by atoms with Crippen molar-refractivity contribution in [2.24, 2.45) is 11.8 Å². The minimum absolute atomic E-state index is 0.259. The number of carbonyl (C=O) groups excluding carboxylic acids is 1. The van der Waals surface area contributed by atoms with Gasteiger partial charge in [0.1, 0.15) is 6.29 Å². The van der Waals surface area contributed by atoms with Crippen LogP contribution in [0.1, 0.15) is 33.6 Å². The maximum atomic E-state index is 10.3. The zero-order chi connectivity index (χ0) is 15.9. The van der Waals surface area contributed by atoms with E-state index >= 15 is 0 Å². The van der Waals surface area contributed by atoms with E-state index in [1.807, 2.05) is 6.08 Å². The van der Waals surface area contributed by atoms with E-state index < -0.39 is 8.32 Å². The van der Waals surface area contributed by atoms with Crippen molar-refractivity contribution in [2.45, 2.75) is 51.7 Å². The molecule has 0 aromatic carbocycles. The Labute approximate surface area is 131 Å². The van der Waals surface area contributed by atoms with Gasteiger partial charge in [-0.1, -0.05) is 51.2 Å². The Morgan fingerprint density at radius 1 is 1.14 bits per heavy atom. The maximum absolute atomic E-state index is 10.3. The molecule has 0 saturated heterocycles. The van der Waals surface area contributed by atoms with Crippen molar-refractivity contribution < 1.29 is 9.22 Å². The van der Waals surface area contributed by atoms with Crippen LogP contribution < -0.4 is 0 Å². The maximum Gasteiger partial charge on any atom is 0.191 e. The van der Waals surface area contributed by atoms with Gasteiger partial charge in [0.05, 0.1) is 0 Å². The van der Waals surface area contributed by atoms with Gasteiger partial charge in [0.15, 0.2) is 8.32 Å². The lowest BCUT2D eigenvalue weighted by molar-refractivity contribution is -0.104. The molecule has 0 aliphatic heterocycles. The molecule has 21 heavy (non-hydrogen) atoms. The number of aldehydes is 1. The fourth-order valence-corrected chi connectivity index (χ4v) is 3.23. The molecular formula is C18H30O2Si. The van der Waals surface area contributed by atoms with Crippen molar-refractivity contribution in [1.82, 2.24) is 0 Å². The van der Waals surface area contributed by atoms with Gasteiger partial charge in [0.25, 0.3) is 0 Å². The molecule has 1 rings (SSSR count). The van der Waals surface area contributed by atoms with Crippen molar-refractivity contribution in [3.05, 3.63) is 36.5 Å². The molecule has 0 saturated carbocycles. The summed E-state index contributed by atoms with van der Waals surface area (Å²) in [5.41, 5.74) is 0. The van der Waals surface area contributed by atoms with E-state index in [0.717, 1.165) is 25.7 Å². The summed E-state index contributed by atoms with van der Waals surface area (Å²) >= 11 is 0. The predicted octanol–water partition coefficient (Wildman–Crippen LogP) is 4.90. The summed E-state index contributed by atoms with van der Waals surface area (Å²) in [7, 11) is -1.67. The average molecular weight is 307 g/mol. The van der Waals surface area contributed by atoms with E-state index in [2.05, 4.69) is 52.1 Å². The molecule has 2 nitrogen and oxygen atoms in total. The third-order valence-corrected chi connectivity index (χ3v) is 9.24. The third kappa shape index (κ3) is 5.75. The molecule has 0 unspecified atom stereocenters. The summed E-state index contributed by atoms with van der Waals surface area (Å²) in [6, 6.07) is 0. The largest absolute Gasteiger partial charge is 0.417 e. The smallest absolute Gasteiger partial charge is 0.191 e. The lowest BCUT2D eigenvalue weighted by atomic mass is 9.83. The van der Waals surface area contributed by atoms with E-state index in [0.29, 0.717) is 11.8 Å². The van der Waals surface area contributed by atoms with Crippen LogP contribution in [0.2, 0.25) is 18.1 Å². The van der Waals surface area contributed by atoms with Crippen LogP contribution in [-0.4, -0.2) is 21.2 Å². The topological polar surface area (TPSA) is 26.3 Å². The highest BCUT2D eigenvalue weighted by Gasteiger charge is 2.38. The lowest BCUT2D eigenvalue weighted by Gasteiger charge is -2.38. The molecule has 0 fully saturated rings. The monoisotopic (exact) mass is 306 g/mol. The minimum Gasteiger partial charge on any atom is -0.417 e. The number of carbonyl (C=O) groups is 1. The average Bonchev–Trinajstić information content (AvgIpc) is 2.41. The van der Waals surface area contributed by atoms with Crippen molar-refractivity contribution >= 4 is 14.6 Å². The van der Waals surface area contributed by atoms with Crippen LogP contribution in [0.15, 0.2) is 36.5 Å². The molecule has 2 atom stereocenters. The number of allylic oxidation sites excluding steroid dienone is 6. The van der Waals surface area contributed by atoms with Crippen LogP contribution in [0.25, 0.3) is 0 Å². The second-order valence-corrected chi connectivity index (χ2v) is 12.2. The van der Waals surface area contributed by atoms with Crippen LogP contribution >= 0.6 is 0 Å². The molecule has 3 heteroatoms. The number of hydrogen-bond donors (Lipinski definition) is 0. The molecule has 0 amide bonds. The molecule has 1 aliphatic carbocycles. The van der Waals surface area contributed by atoms with Gasteiger partial charge in [-0.15, -0.1) is 0 Å². The van der Waals surface area contributed by atoms with Crippen LogP contribution in [0.5, 0.6) is 0 Å². The van der Waals surface area contributed by atoms with E-state index in [9.17, 15) is 4.79 Å². The van der Waals surface area contributed by atoms with E-state index in [1.54, 1.807) is 6.08 Å². The number of hydrogen-bond acceptors (Lipinski definition) is 2. The predicted molar refractivity (Wildman–Crippen MR) is 92.8 cm³/mol. The normalized spacial score (nSPS) is 24.0. The summed E-state index contributed by atoms with van der Waals surface area (Å²) in [5, 5.41) is 0.259. The minimum atomic E-state index is -1.67. The third-order valence-electron chi connectivity index (χ3n) is 4.74. The Morgan fingerprint density at radius 3 is 2.43 bits per heavy atom. The Kier molecular flexibility index (Phi) is 6.82. The van der Waals surface area contributed by atoms with Crippen LogP contribution in [0, 0.1) is 11.8 Å². The first-order valence-electron chi connectivity index (χ1n) is 7.85. The highest BCUT2D eigenvalue weighted by molar-refractivity contribution is 6.74. The van der Waals surface area contributed by atoms with Crippen LogP contribution in [-0.2, 0) is 9.22 Å². The van der Waals surface area contributed by atoms with Gasteiger partial charge in [-0.25, -0.2) is 0 Å². The summed E-state index contributed by atoms with van der Waals surface area (Å²) in [5.74, 6) is 1.06. The van der Waals surface area contributed by atoms with Gasteiger partial charge >= 0.3 is 0 Å². The highest BCUT2D eigenvalue weighted by atomic mass is 28.4. The SMILES string of the molecule is CC(C)(C)[Si](C)(C)OC[C@H]1CC=CC[C@H]1/C=C/C=C/C=O. The molecule has 0 radical (unpaired) electrons. The van der Waals surface area contributed by atoms with E-state index in [4.69, 9.17) is 4.43 Å². The molecule has 0 bridgehead atoms. The first kappa shape index (κ1) is 18.1. The lowest BCUT2D eigenvalue weighted by Crippen LogP contribution is -2.42. The summed E-state index contributed by atoms with van der Waals surface area (Å²) in [6.07, 6.45) is 15.0. The standard InChI is InChI=1S/C18H30O2Si/c1-18(2,3)21(4,5)20-15-17-13-9-8-12-16(17)11-7-6-10-14-19/h6-11,14,16-17H,12-13,15H2,1-5H3/b10-6+,11-7+/t16-,17-/m1/s1. The zero-order valence-electron chi connectivity index (χ0n) is 14.1. The summed E-state index contributed by atoms with van der Waals surface area (Å²) in [4.78, 5) is 10.3. The number of rotatable bonds is 6.